The predicted molar refractivity (Wildman–Crippen MR) is 237 cm³/mol. The molecule has 344 valence electrons. The molecule has 10 N–H and O–H groups in total. The van der Waals surface area contributed by atoms with E-state index in [1.165, 1.54) is 11.1 Å². The fraction of sp³-hybridized carbons (Fsp3) is 0.489. The van der Waals surface area contributed by atoms with E-state index in [1.54, 1.807) is 44.2 Å². The maximum atomic E-state index is 14.1. The van der Waals surface area contributed by atoms with E-state index in [4.69, 9.17) is 17.2 Å². The van der Waals surface area contributed by atoms with E-state index >= 15 is 0 Å². The third kappa shape index (κ3) is 14.1. The average Bonchev–Trinajstić information content (AvgIpc) is 3.60. The number of nitrogens with two attached hydrogens (primary N) is 3. The normalized spacial score (nSPS) is 16.4. The van der Waals surface area contributed by atoms with Crippen molar-refractivity contribution in [2.24, 2.45) is 39.9 Å². The number of aliphatic imine (C=N–C) groups is 1. The van der Waals surface area contributed by atoms with Gasteiger partial charge in [0.1, 0.15) is 23.8 Å². The van der Waals surface area contributed by atoms with Crippen molar-refractivity contribution in [2.75, 3.05) is 13.1 Å². The third-order valence-electron chi connectivity index (χ3n) is 11.6. The van der Waals surface area contributed by atoms with Crippen molar-refractivity contribution in [1.82, 2.24) is 30.8 Å². The monoisotopic (exact) mass is 884 g/mol. The zero-order chi connectivity index (χ0) is 47.1. The molecule has 0 bridgehead atoms. The van der Waals surface area contributed by atoms with Gasteiger partial charge in [0.05, 0.1) is 36.1 Å². The summed E-state index contributed by atoms with van der Waals surface area (Å²) in [6.07, 6.45) is 1.65. The van der Waals surface area contributed by atoms with E-state index < -0.39 is 90.1 Å². The zero-order valence-electron chi connectivity index (χ0n) is 36.7. The molecule has 3 aromatic rings. The summed E-state index contributed by atoms with van der Waals surface area (Å²) in [6.45, 7) is 7.34. The number of guanidine groups is 1. The molecule has 5 amide bonds. The van der Waals surface area contributed by atoms with Gasteiger partial charge in [0.25, 0.3) is 0 Å². The van der Waals surface area contributed by atoms with Gasteiger partial charge in [0.2, 0.25) is 29.5 Å². The van der Waals surface area contributed by atoms with Crippen LogP contribution in [0, 0.1) is 17.8 Å². The fourth-order valence-electron chi connectivity index (χ4n) is 7.55. The lowest BCUT2D eigenvalue weighted by Crippen LogP contribution is -2.56. The standard InChI is InChI=1S/C45H60N10O9/c1-5-25(3)39(41(46)61)54-42(62)29(10-9-18-49-45(47)48)22-36(57)33(23-38(59)60)53-43(63)40(26(4)6-2)55-19-17-32(44(55)64)52-37(58)21-28-15-13-27(14-16-28)20-35(56)34-24-50-30-11-7-8-12-31(30)51-34/h7-8,11-16,24-26,29,32-33,39-40H,5-6,9-10,17-23H2,1-4H3,(H2,46,61)(H,52,58)(H,53,63)(H,54,62)(H,59,60)(H4,47,48,49)/t25-,26-,29-,32+,33-,39-,40-/m0/s1. The van der Waals surface area contributed by atoms with Crippen molar-refractivity contribution in [1.29, 1.82) is 0 Å². The van der Waals surface area contributed by atoms with E-state index in [9.17, 15) is 43.5 Å². The molecule has 0 unspecified atom stereocenters. The molecule has 19 nitrogen and oxygen atoms in total. The first-order valence-electron chi connectivity index (χ1n) is 21.5. The lowest BCUT2D eigenvalue weighted by molar-refractivity contribution is -0.144. The number of carbonyl (C=O) groups excluding carboxylic acids is 7. The van der Waals surface area contributed by atoms with Crippen molar-refractivity contribution < 1.29 is 43.5 Å². The minimum atomic E-state index is -1.57. The number of amides is 5. The number of carboxylic acids is 1. The van der Waals surface area contributed by atoms with Gasteiger partial charge in [-0.15, -0.1) is 0 Å². The maximum absolute atomic E-state index is 14.1. The number of carboxylic acid groups (broad SMARTS) is 1. The van der Waals surface area contributed by atoms with Gasteiger partial charge < -0.3 is 43.2 Å². The Balaban J connectivity index is 1.40. The number of aromatic nitrogens is 2. The largest absolute Gasteiger partial charge is 0.481 e. The molecule has 0 aliphatic carbocycles. The van der Waals surface area contributed by atoms with Crippen molar-refractivity contribution in [3.05, 3.63) is 71.5 Å². The SMILES string of the molecule is CC[C@H](C)[C@H](NC(=O)[C@@H](CCCN=C(N)N)CC(=O)[C@H](CC(=O)O)NC(=O)[C@H]([C@@H](C)CC)N1CC[C@@H](NC(=O)Cc2ccc(CC(=O)c3cnc4ccccc4n3)cc2)C1=O)C(N)=O. The summed E-state index contributed by atoms with van der Waals surface area (Å²) in [7, 11) is 0. The average molecular weight is 885 g/mol. The second kappa shape index (κ2) is 23.6. The zero-order valence-corrected chi connectivity index (χ0v) is 36.7. The van der Waals surface area contributed by atoms with Crippen LogP contribution in [-0.2, 0) is 46.4 Å². The second-order valence-electron chi connectivity index (χ2n) is 16.4. The quantitative estimate of drug-likeness (QED) is 0.0274. The fourth-order valence-corrected chi connectivity index (χ4v) is 7.55. The molecule has 1 aliphatic rings. The summed E-state index contributed by atoms with van der Waals surface area (Å²) in [5.41, 5.74) is 19.3. The highest BCUT2D eigenvalue weighted by Gasteiger charge is 2.43. The lowest BCUT2D eigenvalue weighted by atomic mass is 9.90. The number of likely N-dealkylation sites (tertiary alicyclic amines) is 1. The molecule has 1 fully saturated rings. The number of carbonyl (C=O) groups is 8. The van der Waals surface area contributed by atoms with Crippen molar-refractivity contribution in [2.45, 2.75) is 110 Å². The molecular weight excluding hydrogens is 825 g/mol. The predicted octanol–water partition coefficient (Wildman–Crippen LogP) is 1.33. The van der Waals surface area contributed by atoms with Crippen LogP contribution in [-0.4, -0.2) is 110 Å². The molecule has 19 heteroatoms. The number of benzene rings is 2. The number of hydrogen-bond donors (Lipinski definition) is 7. The molecule has 2 aromatic carbocycles. The Kier molecular flexibility index (Phi) is 18.4. The van der Waals surface area contributed by atoms with E-state index in [0.717, 1.165) is 0 Å². The Morgan fingerprint density at radius 2 is 1.50 bits per heavy atom. The van der Waals surface area contributed by atoms with Gasteiger partial charge in [-0.25, -0.2) is 4.98 Å². The number of aliphatic carboxylic acids is 1. The van der Waals surface area contributed by atoms with Crippen LogP contribution >= 0.6 is 0 Å². The number of nitrogens with one attached hydrogen (secondary N) is 3. The minimum Gasteiger partial charge on any atom is -0.481 e. The Labute approximate surface area is 371 Å². The molecule has 64 heavy (non-hydrogen) atoms. The first-order valence-corrected chi connectivity index (χ1v) is 21.5. The number of ketones is 2. The van der Waals surface area contributed by atoms with Gasteiger partial charge in [0.15, 0.2) is 17.5 Å². The van der Waals surface area contributed by atoms with E-state index in [1.807, 2.05) is 32.0 Å². The minimum absolute atomic E-state index is 0.0590. The van der Waals surface area contributed by atoms with Crippen LogP contribution in [0.25, 0.3) is 11.0 Å². The topological polar surface area (TPSA) is 312 Å². The van der Waals surface area contributed by atoms with Crippen LogP contribution in [0.1, 0.15) is 94.3 Å². The van der Waals surface area contributed by atoms with Gasteiger partial charge in [-0.1, -0.05) is 76.9 Å². The van der Waals surface area contributed by atoms with E-state index in [2.05, 4.69) is 30.9 Å². The number of Topliss-reactive ketones (excluding diaryl/α,β-unsaturated/α-hetero) is 2. The second-order valence-corrected chi connectivity index (χ2v) is 16.4. The van der Waals surface area contributed by atoms with Gasteiger partial charge in [-0.3, -0.25) is 48.3 Å². The number of rotatable bonds is 25. The summed E-state index contributed by atoms with van der Waals surface area (Å²) in [4.78, 5) is 120. The van der Waals surface area contributed by atoms with Gasteiger partial charge >= 0.3 is 5.97 Å². The Hall–Kier alpha value is -6.79. The van der Waals surface area contributed by atoms with E-state index in [0.29, 0.717) is 35.0 Å². The molecule has 1 aromatic heterocycles. The molecule has 0 saturated carbocycles. The summed E-state index contributed by atoms with van der Waals surface area (Å²) in [5.74, 6) is -7.48. The first kappa shape index (κ1) is 49.9. The van der Waals surface area contributed by atoms with Gasteiger partial charge in [-0.05, 0) is 54.4 Å². The molecule has 1 aliphatic heterocycles. The van der Waals surface area contributed by atoms with Gasteiger partial charge in [0, 0.05) is 31.8 Å². The highest BCUT2D eigenvalue weighted by molar-refractivity contribution is 5.99. The Morgan fingerprint density at radius 3 is 2.11 bits per heavy atom. The number of hydrogen-bond acceptors (Lipinski definition) is 11. The molecule has 1 saturated heterocycles. The van der Waals surface area contributed by atoms with Crippen LogP contribution in [0.5, 0.6) is 0 Å². The van der Waals surface area contributed by atoms with Crippen LogP contribution < -0.4 is 33.2 Å². The summed E-state index contributed by atoms with van der Waals surface area (Å²) in [5, 5.41) is 17.7. The molecule has 4 rings (SSSR count). The van der Waals surface area contributed by atoms with E-state index in [-0.39, 0.29) is 68.5 Å². The smallest absolute Gasteiger partial charge is 0.305 e. The molecule has 0 spiro atoms. The van der Waals surface area contributed by atoms with Gasteiger partial charge in [-0.2, -0.15) is 0 Å². The Bertz CT molecular complexity index is 2210. The lowest BCUT2D eigenvalue weighted by Gasteiger charge is -2.33. The molecule has 0 radical (unpaired) electrons. The van der Waals surface area contributed by atoms with Crippen molar-refractivity contribution >= 4 is 64.1 Å². The number of primary amides is 1. The maximum Gasteiger partial charge on any atom is 0.305 e. The van der Waals surface area contributed by atoms with Crippen LogP contribution in [0.3, 0.4) is 0 Å². The number of para-hydroxylation sites is 2. The van der Waals surface area contributed by atoms with Crippen LogP contribution in [0.2, 0.25) is 0 Å². The highest BCUT2D eigenvalue weighted by Crippen LogP contribution is 2.24. The third-order valence-corrected chi connectivity index (χ3v) is 11.6. The highest BCUT2D eigenvalue weighted by atomic mass is 16.4. The van der Waals surface area contributed by atoms with Crippen molar-refractivity contribution in [3.8, 4) is 0 Å². The van der Waals surface area contributed by atoms with Crippen molar-refractivity contribution in [3.63, 3.8) is 0 Å². The van der Waals surface area contributed by atoms with Crippen LogP contribution in [0.15, 0.2) is 59.7 Å². The summed E-state index contributed by atoms with van der Waals surface area (Å²) >= 11 is 0. The molecular formula is C45H60N10O9. The number of nitrogens with zero attached hydrogens (tertiary/aromatic N) is 4. The molecule has 2 heterocycles. The molecule has 7 atom stereocenters. The first-order chi connectivity index (χ1) is 30.4. The Morgan fingerprint density at radius 1 is 0.859 bits per heavy atom. The number of fused-ring (bicyclic) bond motifs is 1. The van der Waals surface area contributed by atoms with Crippen LogP contribution in [0.4, 0.5) is 0 Å². The summed E-state index contributed by atoms with van der Waals surface area (Å²) in [6, 6.07) is 9.52. The summed E-state index contributed by atoms with van der Waals surface area (Å²) < 4.78 is 0.